The van der Waals surface area contributed by atoms with Gasteiger partial charge in [-0.25, -0.2) is 4.79 Å². The maximum Gasteiger partial charge on any atom is 0.336 e. The Balaban J connectivity index is 0. The Kier molecular flexibility index (Phi) is 11.0. The van der Waals surface area contributed by atoms with E-state index in [2.05, 4.69) is 0 Å². The van der Waals surface area contributed by atoms with Gasteiger partial charge in [-0.1, -0.05) is 0 Å². The largest absolute Gasteiger partial charge is 0.481 e. The highest BCUT2D eigenvalue weighted by molar-refractivity contribution is 7.98. The van der Waals surface area contributed by atoms with Crippen LogP contribution in [0.15, 0.2) is 0 Å². The van der Waals surface area contributed by atoms with E-state index < -0.39 is 48.4 Å². The quantitative estimate of drug-likeness (QED) is 0.298. The van der Waals surface area contributed by atoms with E-state index in [1.54, 1.807) is 11.8 Å². The van der Waals surface area contributed by atoms with Gasteiger partial charge in [0, 0.05) is 0 Å². The molecule has 0 saturated heterocycles. The number of carboxylic acid groups (broad SMARTS) is 4. The Bertz CT molecular complexity index is 396. The van der Waals surface area contributed by atoms with Crippen LogP contribution in [-0.2, 0) is 19.2 Å². The van der Waals surface area contributed by atoms with Gasteiger partial charge in [0.25, 0.3) is 0 Å². The summed E-state index contributed by atoms with van der Waals surface area (Å²) in [5, 5.41) is 42.1. The number of aliphatic carboxylic acids is 4. The predicted octanol–water partition coefficient (Wildman–Crippen LogP) is -1.10. The smallest absolute Gasteiger partial charge is 0.336 e. The molecule has 0 amide bonds. The zero-order valence-electron chi connectivity index (χ0n) is 11.8. The average molecular weight is 341 g/mol. The summed E-state index contributed by atoms with van der Waals surface area (Å²) in [7, 11) is 0. The second-order valence-electron chi connectivity index (χ2n) is 4.20. The molecule has 0 radical (unpaired) electrons. The summed E-state index contributed by atoms with van der Waals surface area (Å²) in [6, 6.07) is -0.683. The molecule has 0 aliphatic carbocycles. The van der Waals surface area contributed by atoms with Gasteiger partial charge in [-0.2, -0.15) is 11.8 Å². The molecule has 0 aromatic carbocycles. The summed E-state index contributed by atoms with van der Waals surface area (Å²) in [5.41, 5.74) is 2.45. The molecular weight excluding hydrogens is 322 g/mol. The lowest BCUT2D eigenvalue weighted by molar-refractivity contribution is -0.170. The SMILES string of the molecule is CSCC[C@H](N)C(=O)O.O=C(O)CC(O)(CC(=O)O)C(=O)O. The fourth-order valence-electron chi connectivity index (χ4n) is 1.08. The van der Waals surface area contributed by atoms with E-state index in [1.807, 2.05) is 6.26 Å². The summed E-state index contributed by atoms with van der Waals surface area (Å²) in [4.78, 5) is 40.6. The Hall–Kier alpha value is -1.85. The van der Waals surface area contributed by atoms with Crippen molar-refractivity contribution < 1.29 is 44.7 Å². The molecule has 1 atom stereocenters. The van der Waals surface area contributed by atoms with Crippen LogP contribution in [0.25, 0.3) is 0 Å². The fraction of sp³-hybridized carbons (Fsp3) is 0.636. The molecule has 0 rings (SSSR count). The van der Waals surface area contributed by atoms with Gasteiger partial charge in [0.2, 0.25) is 0 Å². The lowest BCUT2D eigenvalue weighted by atomic mass is 9.96. The monoisotopic (exact) mass is 341 g/mol. The molecule has 0 bridgehead atoms. The van der Waals surface area contributed by atoms with Crippen molar-refractivity contribution in [1.82, 2.24) is 0 Å². The molecule has 7 N–H and O–H groups in total. The number of aliphatic hydroxyl groups is 1. The van der Waals surface area contributed by atoms with Gasteiger partial charge in [-0.3, -0.25) is 14.4 Å². The molecule has 0 spiro atoms. The molecule has 0 unspecified atom stereocenters. The zero-order valence-corrected chi connectivity index (χ0v) is 12.6. The number of hydrogen-bond donors (Lipinski definition) is 6. The van der Waals surface area contributed by atoms with Crippen LogP contribution >= 0.6 is 11.8 Å². The summed E-state index contributed by atoms with van der Waals surface area (Å²) in [5.74, 6) is -5.12. The van der Waals surface area contributed by atoms with Crippen LogP contribution in [0.1, 0.15) is 19.3 Å². The molecule has 0 aliphatic rings. The predicted molar refractivity (Wildman–Crippen MR) is 75.7 cm³/mol. The lowest BCUT2D eigenvalue weighted by Gasteiger charge is -2.18. The van der Waals surface area contributed by atoms with Gasteiger partial charge in [0.1, 0.15) is 6.04 Å². The van der Waals surface area contributed by atoms with E-state index in [-0.39, 0.29) is 0 Å². The van der Waals surface area contributed by atoms with E-state index in [1.165, 1.54) is 0 Å². The highest BCUT2D eigenvalue weighted by atomic mass is 32.2. The maximum atomic E-state index is 10.3. The van der Waals surface area contributed by atoms with Crippen LogP contribution in [0, 0.1) is 0 Å². The Morgan fingerprint density at radius 3 is 1.68 bits per heavy atom. The first-order valence-corrected chi connectivity index (χ1v) is 7.22. The highest BCUT2D eigenvalue weighted by Gasteiger charge is 2.40. The third-order valence-electron chi connectivity index (χ3n) is 2.24. The fourth-order valence-corrected chi connectivity index (χ4v) is 1.57. The Labute approximate surface area is 129 Å². The van der Waals surface area contributed by atoms with Crippen molar-refractivity contribution in [3.63, 3.8) is 0 Å². The van der Waals surface area contributed by atoms with Crippen molar-refractivity contribution in [2.45, 2.75) is 30.9 Å². The molecule has 0 aromatic heterocycles. The van der Waals surface area contributed by atoms with Gasteiger partial charge in [0.05, 0.1) is 12.8 Å². The van der Waals surface area contributed by atoms with E-state index in [4.69, 9.17) is 31.3 Å². The standard InChI is InChI=1S/C6H8O7.C5H11NO2S/c7-3(8)1-6(13,5(11)12)2-4(9)10;1-9-3-2-4(6)5(7)8/h13H,1-2H2,(H,7,8)(H,9,10)(H,11,12);4H,2-3,6H2,1H3,(H,7,8)/t;4-/m.0/s1. The molecule has 0 aromatic rings. The van der Waals surface area contributed by atoms with Crippen molar-refractivity contribution in [2.75, 3.05) is 12.0 Å². The van der Waals surface area contributed by atoms with Crippen LogP contribution in [0.2, 0.25) is 0 Å². The molecule has 0 saturated carbocycles. The summed E-state index contributed by atoms with van der Waals surface area (Å²) < 4.78 is 0. The minimum absolute atomic E-state index is 0.552. The molecule has 11 heteroatoms. The van der Waals surface area contributed by atoms with Crippen LogP contribution in [-0.4, -0.2) is 73.1 Å². The average Bonchev–Trinajstić information content (AvgIpc) is 2.34. The molecular formula is C11H19NO9S. The Morgan fingerprint density at radius 2 is 1.45 bits per heavy atom. The zero-order chi connectivity index (χ0) is 17.9. The maximum absolute atomic E-state index is 10.3. The minimum Gasteiger partial charge on any atom is -0.481 e. The summed E-state index contributed by atoms with van der Waals surface area (Å²) >= 11 is 1.60. The van der Waals surface area contributed by atoms with Crippen molar-refractivity contribution in [1.29, 1.82) is 0 Å². The van der Waals surface area contributed by atoms with Gasteiger partial charge >= 0.3 is 23.9 Å². The van der Waals surface area contributed by atoms with Crippen LogP contribution in [0.3, 0.4) is 0 Å². The molecule has 0 aliphatic heterocycles. The van der Waals surface area contributed by atoms with Crippen LogP contribution in [0.5, 0.6) is 0 Å². The van der Waals surface area contributed by atoms with Crippen LogP contribution < -0.4 is 5.73 Å². The molecule has 10 nitrogen and oxygen atoms in total. The lowest BCUT2D eigenvalue weighted by Crippen LogP contribution is -2.42. The highest BCUT2D eigenvalue weighted by Crippen LogP contribution is 2.15. The number of hydrogen-bond acceptors (Lipinski definition) is 7. The van der Waals surface area contributed by atoms with E-state index in [0.717, 1.165) is 5.75 Å². The first kappa shape index (κ1) is 22.4. The van der Waals surface area contributed by atoms with Crippen molar-refractivity contribution in [2.24, 2.45) is 5.73 Å². The number of carbonyl (C=O) groups is 4. The van der Waals surface area contributed by atoms with Crippen LogP contribution in [0.4, 0.5) is 0 Å². The van der Waals surface area contributed by atoms with Crippen molar-refractivity contribution in [3.8, 4) is 0 Å². The third-order valence-corrected chi connectivity index (χ3v) is 2.88. The number of nitrogens with two attached hydrogens (primary N) is 1. The summed E-state index contributed by atoms with van der Waals surface area (Å²) in [6.45, 7) is 0. The van der Waals surface area contributed by atoms with E-state index in [9.17, 15) is 19.2 Å². The van der Waals surface area contributed by atoms with Gasteiger partial charge in [-0.05, 0) is 18.4 Å². The van der Waals surface area contributed by atoms with E-state index >= 15 is 0 Å². The third kappa shape index (κ3) is 10.9. The molecule has 22 heavy (non-hydrogen) atoms. The van der Waals surface area contributed by atoms with Crippen molar-refractivity contribution in [3.05, 3.63) is 0 Å². The first-order valence-electron chi connectivity index (χ1n) is 5.83. The second-order valence-corrected chi connectivity index (χ2v) is 5.19. The first-order chi connectivity index (χ1) is 9.96. The summed E-state index contributed by atoms with van der Waals surface area (Å²) in [6.07, 6.45) is 0.189. The second kappa shape index (κ2) is 10.8. The number of carboxylic acids is 4. The molecule has 0 heterocycles. The molecule has 128 valence electrons. The normalized spacial score (nSPS) is 11.8. The Morgan fingerprint density at radius 1 is 1.05 bits per heavy atom. The molecule has 0 fully saturated rings. The topological polar surface area (TPSA) is 195 Å². The van der Waals surface area contributed by atoms with Gasteiger partial charge < -0.3 is 31.3 Å². The minimum atomic E-state index is -2.74. The number of rotatable bonds is 9. The van der Waals surface area contributed by atoms with E-state index in [0.29, 0.717) is 6.42 Å². The van der Waals surface area contributed by atoms with Gasteiger partial charge in [0.15, 0.2) is 5.60 Å². The van der Waals surface area contributed by atoms with Crippen molar-refractivity contribution >= 4 is 35.6 Å². The number of thioether (sulfide) groups is 1. The van der Waals surface area contributed by atoms with Gasteiger partial charge in [-0.15, -0.1) is 0 Å².